The van der Waals surface area contributed by atoms with Gasteiger partial charge in [0, 0.05) is 40.8 Å². The molecule has 1 rings (SSSR count). The Hall–Kier alpha value is -0.900. The molecule has 0 atom stereocenters. The van der Waals surface area contributed by atoms with Crippen molar-refractivity contribution in [2.45, 2.75) is 13.0 Å². The fourth-order valence-corrected chi connectivity index (χ4v) is 1.66. The molecule has 0 fully saturated rings. The molecule has 0 spiro atoms. The lowest BCUT2D eigenvalue weighted by Gasteiger charge is -2.06. The fourth-order valence-electron chi connectivity index (χ4n) is 1.10. The van der Waals surface area contributed by atoms with Crippen molar-refractivity contribution in [3.8, 4) is 0 Å². The molecule has 5 nitrogen and oxygen atoms in total. The van der Waals surface area contributed by atoms with Gasteiger partial charge in [0.25, 0.3) is 6.43 Å². The van der Waals surface area contributed by atoms with Crippen molar-refractivity contribution >= 4 is 28.4 Å². The van der Waals surface area contributed by atoms with E-state index in [0.717, 1.165) is 6.07 Å². The Balaban J connectivity index is 3.45. The molecule has 1 aromatic rings. The smallest absolute Gasteiger partial charge is 0.358 e. The number of hydrogen-bond donors (Lipinski definition) is 1. The predicted octanol–water partition coefficient (Wildman–Crippen LogP) is 1.99. The van der Waals surface area contributed by atoms with Gasteiger partial charge in [-0.3, -0.25) is 0 Å². The normalized spacial score (nSPS) is 10.7. The molecule has 0 saturated heterocycles. The number of rotatable bonds is 3. The van der Waals surface area contributed by atoms with Crippen LogP contribution < -0.4 is 5.73 Å². The first-order chi connectivity index (χ1) is 6.97. The number of nitro groups is 1. The highest BCUT2D eigenvalue weighted by Gasteiger charge is 2.24. The van der Waals surface area contributed by atoms with Crippen molar-refractivity contribution in [2.75, 3.05) is 0 Å². The van der Waals surface area contributed by atoms with Gasteiger partial charge in [-0.1, -0.05) is 0 Å². The van der Waals surface area contributed by atoms with Crippen LogP contribution in [0.5, 0.6) is 0 Å². The average Bonchev–Trinajstić information content (AvgIpc) is 2.16. The first kappa shape index (κ1) is 12.2. The van der Waals surface area contributed by atoms with Gasteiger partial charge in [0.2, 0.25) is 3.70 Å². The summed E-state index contributed by atoms with van der Waals surface area (Å²) >= 11 is 1.64. The molecule has 15 heavy (non-hydrogen) atoms. The van der Waals surface area contributed by atoms with E-state index in [2.05, 4.69) is 4.98 Å². The summed E-state index contributed by atoms with van der Waals surface area (Å²) in [7, 11) is 0. The van der Waals surface area contributed by atoms with Gasteiger partial charge in [0.05, 0.1) is 5.56 Å². The minimum atomic E-state index is -2.79. The maximum atomic E-state index is 12.5. The van der Waals surface area contributed by atoms with Gasteiger partial charge in [-0.05, 0) is 9.91 Å². The van der Waals surface area contributed by atoms with Gasteiger partial charge < -0.3 is 15.8 Å². The Morgan fingerprint density at radius 3 is 2.67 bits per heavy atom. The van der Waals surface area contributed by atoms with Crippen LogP contribution in [0.1, 0.15) is 17.6 Å². The lowest BCUT2D eigenvalue weighted by Crippen LogP contribution is -2.09. The lowest BCUT2D eigenvalue weighted by molar-refractivity contribution is -0.390. The van der Waals surface area contributed by atoms with Crippen LogP contribution in [-0.4, -0.2) is 9.91 Å². The fraction of sp³-hybridized carbons (Fsp3) is 0.286. The van der Waals surface area contributed by atoms with Crippen LogP contribution in [0.2, 0.25) is 0 Å². The van der Waals surface area contributed by atoms with Crippen LogP contribution in [0, 0.1) is 13.8 Å². The summed E-state index contributed by atoms with van der Waals surface area (Å²) in [5, 5.41) is 10.5. The average molecular weight is 329 g/mol. The second-order valence-electron chi connectivity index (χ2n) is 2.60. The molecule has 82 valence electrons. The summed E-state index contributed by atoms with van der Waals surface area (Å²) in [5.74, 6) is -0.597. The van der Waals surface area contributed by atoms with Gasteiger partial charge in [-0.25, -0.2) is 8.78 Å². The summed E-state index contributed by atoms with van der Waals surface area (Å²) in [4.78, 5) is 13.3. The van der Waals surface area contributed by atoms with Crippen molar-refractivity contribution < 1.29 is 13.7 Å². The van der Waals surface area contributed by atoms with E-state index in [9.17, 15) is 18.9 Å². The first-order valence-electron chi connectivity index (χ1n) is 3.79. The molecule has 0 bridgehead atoms. The molecular weight excluding hydrogens is 323 g/mol. The van der Waals surface area contributed by atoms with Crippen LogP contribution in [0.4, 0.5) is 14.6 Å². The lowest BCUT2D eigenvalue weighted by atomic mass is 10.1. The molecule has 0 amide bonds. The molecular formula is C7H6F2IN3O2. The van der Waals surface area contributed by atoms with E-state index in [1.807, 2.05) is 0 Å². The number of hydrogen-bond acceptors (Lipinski definition) is 4. The summed E-state index contributed by atoms with van der Waals surface area (Å²) in [6.07, 6.45) is -2.79. The van der Waals surface area contributed by atoms with Crippen LogP contribution >= 0.6 is 22.6 Å². The van der Waals surface area contributed by atoms with E-state index in [4.69, 9.17) is 5.73 Å². The predicted molar refractivity (Wildman–Crippen MR) is 56.5 cm³/mol. The minimum Gasteiger partial charge on any atom is -0.358 e. The van der Waals surface area contributed by atoms with Gasteiger partial charge in [-0.2, -0.15) is 0 Å². The van der Waals surface area contributed by atoms with Crippen molar-refractivity contribution in [3.63, 3.8) is 0 Å². The maximum Gasteiger partial charge on any atom is 0.369 e. The second kappa shape index (κ2) is 4.75. The zero-order valence-corrected chi connectivity index (χ0v) is 9.44. The SMILES string of the molecule is NCc1c(C(F)F)cc(I)nc1[N+](=O)[O-]. The molecule has 0 radical (unpaired) electrons. The molecule has 0 aliphatic carbocycles. The highest BCUT2D eigenvalue weighted by molar-refractivity contribution is 14.1. The highest BCUT2D eigenvalue weighted by atomic mass is 127. The van der Waals surface area contributed by atoms with Gasteiger partial charge in [0.1, 0.15) is 0 Å². The van der Waals surface area contributed by atoms with Crippen molar-refractivity contribution in [2.24, 2.45) is 5.73 Å². The van der Waals surface area contributed by atoms with Crippen molar-refractivity contribution in [1.29, 1.82) is 0 Å². The number of alkyl halides is 2. The molecule has 1 heterocycles. The van der Waals surface area contributed by atoms with Gasteiger partial charge in [0.15, 0.2) is 0 Å². The van der Waals surface area contributed by atoms with E-state index in [1.54, 1.807) is 22.6 Å². The summed E-state index contributed by atoms with van der Waals surface area (Å²) in [6, 6.07) is 1.10. The largest absolute Gasteiger partial charge is 0.369 e. The Morgan fingerprint density at radius 1 is 1.67 bits per heavy atom. The third-order valence-corrected chi connectivity index (χ3v) is 2.27. The quantitative estimate of drug-likeness (QED) is 0.398. The minimum absolute atomic E-state index is 0.145. The maximum absolute atomic E-state index is 12.5. The Labute approximate surface area is 97.0 Å². The number of pyridine rings is 1. The monoisotopic (exact) mass is 329 g/mol. The van der Waals surface area contributed by atoms with E-state index in [0.29, 0.717) is 0 Å². The van der Waals surface area contributed by atoms with E-state index >= 15 is 0 Å². The summed E-state index contributed by atoms with van der Waals surface area (Å²) < 4.78 is 25.2. The van der Waals surface area contributed by atoms with Crippen molar-refractivity contribution in [1.82, 2.24) is 4.98 Å². The molecule has 1 aromatic heterocycles. The number of nitrogens with zero attached hydrogens (tertiary/aromatic N) is 2. The molecule has 0 saturated carbocycles. The molecule has 0 aliphatic rings. The van der Waals surface area contributed by atoms with Crippen LogP contribution in [0.25, 0.3) is 0 Å². The van der Waals surface area contributed by atoms with E-state index in [1.165, 1.54) is 0 Å². The third-order valence-electron chi connectivity index (χ3n) is 1.72. The number of nitrogens with two attached hydrogens (primary N) is 1. The molecule has 0 aliphatic heterocycles. The van der Waals surface area contributed by atoms with Crippen molar-refractivity contribution in [3.05, 3.63) is 31.0 Å². The van der Waals surface area contributed by atoms with Crippen LogP contribution in [0.3, 0.4) is 0 Å². The Kier molecular flexibility index (Phi) is 3.85. The molecule has 0 aromatic carbocycles. The van der Waals surface area contributed by atoms with E-state index in [-0.39, 0.29) is 15.8 Å². The Morgan fingerprint density at radius 2 is 2.27 bits per heavy atom. The summed E-state index contributed by atoms with van der Waals surface area (Å²) in [5.41, 5.74) is 4.56. The van der Waals surface area contributed by atoms with Crippen LogP contribution in [-0.2, 0) is 6.54 Å². The zero-order chi connectivity index (χ0) is 11.6. The second-order valence-corrected chi connectivity index (χ2v) is 3.70. The Bertz CT molecular complexity index is 400. The molecule has 0 unspecified atom stereocenters. The van der Waals surface area contributed by atoms with Gasteiger partial charge >= 0.3 is 5.82 Å². The molecule has 2 N–H and O–H groups in total. The third kappa shape index (κ3) is 2.56. The number of aromatic nitrogens is 1. The van der Waals surface area contributed by atoms with Gasteiger partial charge in [-0.15, -0.1) is 0 Å². The number of halogens is 3. The zero-order valence-electron chi connectivity index (χ0n) is 7.28. The molecule has 8 heteroatoms. The standard InChI is InChI=1S/C7H6F2IN3O2/c8-6(9)3-1-5(10)12-7(13(14)15)4(3)2-11/h1,6H,2,11H2. The topological polar surface area (TPSA) is 82.0 Å². The highest BCUT2D eigenvalue weighted by Crippen LogP contribution is 2.29. The first-order valence-corrected chi connectivity index (χ1v) is 4.87. The summed E-state index contributed by atoms with van der Waals surface area (Å²) in [6.45, 7) is -0.333. The van der Waals surface area contributed by atoms with Crippen LogP contribution in [0.15, 0.2) is 6.07 Å². The van der Waals surface area contributed by atoms with E-state index < -0.39 is 22.7 Å².